The smallest absolute Gasteiger partial charge is 0.306 e. The molecule has 0 aliphatic heterocycles. The SMILES string of the molecule is CCCCCCC/C=C\C/C=C\C/C=C\CCCCCCCCCCCCC(=O)OC(COC(=O)CCCCCCCCCCCCCCCCCCC/C=C\C/C=C\CCCCCCC)COC(OCC[N+](C)(C)C)C(=O)[O-]. The first-order valence-corrected chi connectivity index (χ1v) is 33.4. The molecule has 2 unspecified atom stereocenters. The van der Waals surface area contributed by atoms with E-state index in [1.807, 2.05) is 21.1 Å². The number of ether oxygens (including phenoxy) is 4. The summed E-state index contributed by atoms with van der Waals surface area (Å²) in [7, 11) is 5.93. The van der Waals surface area contributed by atoms with Gasteiger partial charge in [0.1, 0.15) is 13.2 Å². The second kappa shape index (κ2) is 61.1. The lowest BCUT2D eigenvalue weighted by Gasteiger charge is -2.26. The van der Waals surface area contributed by atoms with E-state index in [1.54, 1.807) is 0 Å². The van der Waals surface area contributed by atoms with E-state index in [1.165, 1.54) is 212 Å². The summed E-state index contributed by atoms with van der Waals surface area (Å²) in [4.78, 5) is 37.4. The fourth-order valence-electron chi connectivity index (χ4n) is 9.58. The highest BCUT2D eigenvalue weighted by atomic mass is 16.7. The third kappa shape index (κ3) is 62.4. The summed E-state index contributed by atoms with van der Waals surface area (Å²) in [6.45, 7) is 4.76. The van der Waals surface area contributed by atoms with Crippen LogP contribution in [0.4, 0.5) is 0 Å². The van der Waals surface area contributed by atoms with Gasteiger partial charge in [-0.25, -0.2) is 0 Å². The van der Waals surface area contributed by atoms with E-state index in [4.69, 9.17) is 18.9 Å². The van der Waals surface area contributed by atoms with Gasteiger partial charge in [0.2, 0.25) is 0 Å². The van der Waals surface area contributed by atoms with Crippen molar-refractivity contribution in [2.24, 2.45) is 0 Å². The molecule has 0 aromatic rings. The molecule has 0 N–H and O–H groups in total. The number of esters is 2. The van der Waals surface area contributed by atoms with Crippen molar-refractivity contribution < 1.29 is 42.9 Å². The monoisotopic (exact) mass is 1110 g/mol. The molecule has 0 rings (SSSR count). The quantitative estimate of drug-likeness (QED) is 0.0195. The minimum Gasteiger partial charge on any atom is -0.545 e. The highest BCUT2D eigenvalue weighted by molar-refractivity contribution is 5.70. The van der Waals surface area contributed by atoms with Gasteiger partial charge in [-0.1, -0.05) is 274 Å². The fraction of sp³-hybridized carbons (Fsp3) is 0.814. The maximum atomic E-state index is 12.9. The van der Waals surface area contributed by atoms with Gasteiger partial charge in [0.05, 0.1) is 40.3 Å². The van der Waals surface area contributed by atoms with Crippen molar-refractivity contribution in [2.45, 2.75) is 322 Å². The molecular weight excluding hydrogens is 983 g/mol. The molecule has 0 aromatic heterocycles. The van der Waals surface area contributed by atoms with E-state index in [9.17, 15) is 19.5 Å². The third-order valence-corrected chi connectivity index (χ3v) is 14.7. The number of unbranched alkanes of at least 4 members (excludes halogenated alkanes) is 37. The lowest BCUT2D eigenvalue weighted by molar-refractivity contribution is -0.870. The lowest BCUT2D eigenvalue weighted by atomic mass is 10.0. The molecule has 0 amide bonds. The molecule has 0 saturated heterocycles. The van der Waals surface area contributed by atoms with Crippen molar-refractivity contribution in [2.75, 3.05) is 47.5 Å². The average Bonchev–Trinajstić information content (AvgIpc) is 3.42. The van der Waals surface area contributed by atoms with Crippen molar-refractivity contribution >= 4 is 17.9 Å². The summed E-state index contributed by atoms with van der Waals surface area (Å²) in [5, 5.41) is 11.8. The van der Waals surface area contributed by atoms with Gasteiger partial charge in [-0.3, -0.25) is 9.59 Å². The lowest BCUT2D eigenvalue weighted by Crippen LogP contribution is -2.44. The van der Waals surface area contributed by atoms with Crippen molar-refractivity contribution in [3.63, 3.8) is 0 Å². The standard InChI is InChI=1S/C70H127NO8/c1-6-8-10-12-14-16-18-20-22-24-26-28-30-32-33-34-35-37-38-40-42-44-46-48-50-52-54-56-58-60-67(72)77-64-66(65-78-70(69(74)75)76-63-62-71(3,4)5)79-68(73)61-59-57-55-53-51-49-47-45-43-41-39-36-31-29-27-25-23-21-19-17-15-13-11-9-7-2/h18-21,24-27,31,36,66,70H,6-17,22-23,28-30,32-35,37-65H2,1-5H3/b20-18-,21-19-,26-24-,27-25-,36-31-. The Morgan fingerprint density at radius 1 is 0.380 bits per heavy atom. The van der Waals surface area contributed by atoms with Crippen molar-refractivity contribution in [1.29, 1.82) is 0 Å². The van der Waals surface area contributed by atoms with Crippen LogP contribution in [0.15, 0.2) is 60.8 Å². The van der Waals surface area contributed by atoms with E-state index < -0.39 is 24.3 Å². The Labute approximate surface area is 488 Å². The van der Waals surface area contributed by atoms with Crippen LogP contribution in [0, 0.1) is 0 Å². The molecule has 0 saturated carbocycles. The third-order valence-electron chi connectivity index (χ3n) is 14.7. The van der Waals surface area contributed by atoms with Gasteiger partial charge in [-0.15, -0.1) is 0 Å². The van der Waals surface area contributed by atoms with E-state index in [0.717, 1.165) is 64.2 Å². The van der Waals surface area contributed by atoms with E-state index in [-0.39, 0.29) is 32.2 Å². The zero-order valence-electron chi connectivity index (χ0n) is 52.5. The second-order valence-corrected chi connectivity index (χ2v) is 23.8. The van der Waals surface area contributed by atoms with Crippen molar-refractivity contribution in [3.05, 3.63) is 60.8 Å². The second-order valence-electron chi connectivity index (χ2n) is 23.8. The summed E-state index contributed by atoms with van der Waals surface area (Å²) in [5.41, 5.74) is 0. The van der Waals surface area contributed by atoms with E-state index in [0.29, 0.717) is 23.9 Å². The highest BCUT2D eigenvalue weighted by Crippen LogP contribution is 2.17. The predicted octanol–water partition coefficient (Wildman–Crippen LogP) is 19.0. The molecule has 0 spiro atoms. The number of carboxylic acids is 1. The normalized spacial score (nSPS) is 13.1. The van der Waals surface area contributed by atoms with Gasteiger partial charge < -0.3 is 33.3 Å². The Morgan fingerprint density at radius 3 is 1.01 bits per heavy atom. The number of carboxylic acid groups (broad SMARTS) is 1. The molecule has 9 heteroatoms. The fourth-order valence-corrected chi connectivity index (χ4v) is 9.58. The summed E-state index contributed by atoms with van der Waals surface area (Å²) < 4.78 is 22.8. The van der Waals surface area contributed by atoms with Crippen LogP contribution >= 0.6 is 0 Å². The molecule has 460 valence electrons. The van der Waals surface area contributed by atoms with Crippen molar-refractivity contribution in [1.82, 2.24) is 0 Å². The summed E-state index contributed by atoms with van der Waals surface area (Å²) in [5.74, 6) is -2.27. The van der Waals surface area contributed by atoms with Crippen LogP contribution in [-0.2, 0) is 33.3 Å². The first-order valence-electron chi connectivity index (χ1n) is 33.4. The number of likely N-dealkylation sites (N-methyl/N-ethyl adjacent to an activating group) is 1. The van der Waals surface area contributed by atoms with Crippen LogP contribution in [0.1, 0.15) is 309 Å². The minimum atomic E-state index is -1.62. The number of hydrogen-bond acceptors (Lipinski definition) is 8. The number of aliphatic carboxylic acids is 1. The maximum Gasteiger partial charge on any atom is 0.306 e. The zero-order chi connectivity index (χ0) is 57.6. The summed E-state index contributed by atoms with van der Waals surface area (Å²) in [6.07, 6.45) is 75.7. The molecule has 0 radical (unpaired) electrons. The molecule has 0 aliphatic carbocycles. The molecular formula is C70H127NO8. The van der Waals surface area contributed by atoms with Gasteiger partial charge in [-0.05, 0) is 83.5 Å². The Bertz CT molecular complexity index is 1480. The van der Waals surface area contributed by atoms with Crippen LogP contribution in [0.2, 0.25) is 0 Å². The van der Waals surface area contributed by atoms with Gasteiger partial charge in [0, 0.05) is 12.8 Å². The average molecular weight is 1110 g/mol. The van der Waals surface area contributed by atoms with Gasteiger partial charge >= 0.3 is 11.9 Å². The van der Waals surface area contributed by atoms with Gasteiger partial charge in [0.25, 0.3) is 0 Å². The number of nitrogens with zero attached hydrogens (tertiary/aromatic N) is 1. The van der Waals surface area contributed by atoms with Crippen LogP contribution < -0.4 is 5.11 Å². The topological polar surface area (TPSA) is 111 Å². The zero-order valence-corrected chi connectivity index (χ0v) is 52.5. The first-order chi connectivity index (χ1) is 38.6. The first kappa shape index (κ1) is 76.0. The highest BCUT2D eigenvalue weighted by Gasteiger charge is 2.22. The molecule has 2 atom stereocenters. The number of quaternary nitrogens is 1. The van der Waals surface area contributed by atoms with E-state index >= 15 is 0 Å². The number of rotatable bonds is 62. The Hall–Kier alpha value is -3.01. The summed E-state index contributed by atoms with van der Waals surface area (Å²) >= 11 is 0. The number of hydrogen-bond donors (Lipinski definition) is 0. The van der Waals surface area contributed by atoms with Gasteiger partial charge in [-0.2, -0.15) is 0 Å². The van der Waals surface area contributed by atoms with Crippen LogP contribution in [0.25, 0.3) is 0 Å². The minimum absolute atomic E-state index is 0.146. The molecule has 9 nitrogen and oxygen atoms in total. The van der Waals surface area contributed by atoms with Crippen LogP contribution in [0.5, 0.6) is 0 Å². The van der Waals surface area contributed by atoms with E-state index in [2.05, 4.69) is 74.6 Å². The molecule has 0 aliphatic rings. The molecule has 0 fully saturated rings. The maximum absolute atomic E-state index is 12.9. The van der Waals surface area contributed by atoms with Crippen molar-refractivity contribution in [3.8, 4) is 0 Å². The Balaban J connectivity index is 4.14. The molecule has 0 aromatic carbocycles. The van der Waals surface area contributed by atoms with Crippen LogP contribution in [0.3, 0.4) is 0 Å². The Morgan fingerprint density at radius 2 is 0.684 bits per heavy atom. The number of allylic oxidation sites excluding steroid dienone is 10. The predicted molar refractivity (Wildman–Crippen MR) is 334 cm³/mol. The van der Waals surface area contributed by atoms with Gasteiger partial charge in [0.15, 0.2) is 12.4 Å². The van der Waals surface area contributed by atoms with Crippen LogP contribution in [-0.4, -0.2) is 82.3 Å². The molecule has 79 heavy (non-hydrogen) atoms. The Kier molecular flexibility index (Phi) is 58.7. The summed E-state index contributed by atoms with van der Waals surface area (Å²) in [6, 6.07) is 0. The largest absolute Gasteiger partial charge is 0.545 e. The number of carbonyl (C=O) groups is 3. The number of carbonyl (C=O) groups excluding carboxylic acids is 3. The molecule has 0 heterocycles. The molecule has 0 bridgehead atoms.